The van der Waals surface area contributed by atoms with Crippen LogP contribution >= 0.6 is 0 Å². The zero-order valence-electron chi connectivity index (χ0n) is 8.63. The van der Waals surface area contributed by atoms with Crippen molar-refractivity contribution >= 4 is 6.21 Å². The molecule has 15 heavy (non-hydrogen) atoms. The third-order valence-electron chi connectivity index (χ3n) is 2.20. The van der Waals surface area contributed by atoms with E-state index in [4.69, 9.17) is 4.42 Å². The monoisotopic (exact) mass is 199 g/mol. The maximum absolute atomic E-state index is 5.27. The summed E-state index contributed by atoms with van der Waals surface area (Å²) in [6.45, 7) is 2.01. The summed E-state index contributed by atoms with van der Waals surface area (Å²) in [7, 11) is 0. The van der Waals surface area contributed by atoms with Gasteiger partial charge in [0.15, 0.2) is 0 Å². The van der Waals surface area contributed by atoms with Crippen LogP contribution in [0.3, 0.4) is 0 Å². The Hall–Kier alpha value is -1.83. The second-order valence-corrected chi connectivity index (χ2v) is 3.38. The van der Waals surface area contributed by atoms with Crippen LogP contribution in [-0.4, -0.2) is 6.21 Å². The van der Waals surface area contributed by atoms with E-state index in [9.17, 15) is 0 Å². The van der Waals surface area contributed by atoms with E-state index in [0.717, 1.165) is 11.3 Å². The van der Waals surface area contributed by atoms with Crippen LogP contribution < -0.4 is 0 Å². The molecule has 1 aromatic heterocycles. The largest absolute Gasteiger partial charge is 0.467 e. The zero-order valence-corrected chi connectivity index (χ0v) is 8.63. The summed E-state index contributed by atoms with van der Waals surface area (Å²) in [6, 6.07) is 13.9. The minimum Gasteiger partial charge on any atom is -0.467 e. The highest BCUT2D eigenvalue weighted by atomic mass is 16.3. The van der Waals surface area contributed by atoms with E-state index in [0.29, 0.717) is 0 Å². The van der Waals surface area contributed by atoms with E-state index in [1.165, 1.54) is 0 Å². The molecule has 0 aliphatic heterocycles. The van der Waals surface area contributed by atoms with E-state index < -0.39 is 0 Å². The first-order valence-corrected chi connectivity index (χ1v) is 4.98. The van der Waals surface area contributed by atoms with Gasteiger partial charge in [0.05, 0.1) is 6.26 Å². The Labute approximate surface area is 89.3 Å². The van der Waals surface area contributed by atoms with Gasteiger partial charge in [-0.15, -0.1) is 0 Å². The van der Waals surface area contributed by atoms with Gasteiger partial charge in [-0.2, -0.15) is 0 Å². The first-order valence-electron chi connectivity index (χ1n) is 4.98. The number of hydrogen-bond acceptors (Lipinski definition) is 2. The van der Waals surface area contributed by atoms with Crippen molar-refractivity contribution in [3.05, 3.63) is 60.1 Å². The Balaban J connectivity index is 2.06. The lowest BCUT2D eigenvalue weighted by molar-refractivity contribution is 0.481. The molecule has 0 radical (unpaired) electrons. The maximum Gasteiger partial charge on any atom is 0.127 e. The summed E-state index contributed by atoms with van der Waals surface area (Å²) in [6.07, 6.45) is 3.54. The molecule has 2 heteroatoms. The van der Waals surface area contributed by atoms with Gasteiger partial charge >= 0.3 is 0 Å². The normalized spacial score (nSPS) is 13.1. The molecule has 0 aliphatic rings. The third kappa shape index (κ3) is 2.56. The molecule has 1 heterocycles. The smallest absolute Gasteiger partial charge is 0.127 e. The minimum atomic E-state index is 0.0696. The van der Waals surface area contributed by atoms with E-state index in [2.05, 4.69) is 4.99 Å². The zero-order chi connectivity index (χ0) is 10.5. The van der Waals surface area contributed by atoms with E-state index >= 15 is 0 Å². The first kappa shape index (κ1) is 9.71. The molecule has 1 aromatic carbocycles. The molecule has 0 fully saturated rings. The van der Waals surface area contributed by atoms with Crippen molar-refractivity contribution in [3.8, 4) is 0 Å². The van der Waals surface area contributed by atoms with E-state index in [1.54, 1.807) is 6.26 Å². The molecule has 1 atom stereocenters. The molecule has 0 saturated carbocycles. The van der Waals surface area contributed by atoms with Gasteiger partial charge in [0, 0.05) is 6.21 Å². The second kappa shape index (κ2) is 4.60. The highest BCUT2D eigenvalue weighted by molar-refractivity contribution is 5.79. The van der Waals surface area contributed by atoms with Crippen LogP contribution in [-0.2, 0) is 0 Å². The summed E-state index contributed by atoms with van der Waals surface area (Å²) < 4.78 is 5.27. The van der Waals surface area contributed by atoms with Crippen molar-refractivity contribution in [2.24, 2.45) is 4.99 Å². The summed E-state index contributed by atoms with van der Waals surface area (Å²) in [5, 5.41) is 0. The lowest BCUT2D eigenvalue weighted by atomic mass is 10.2. The summed E-state index contributed by atoms with van der Waals surface area (Å²) in [4.78, 5) is 4.42. The Morgan fingerprint density at radius 1 is 1.13 bits per heavy atom. The molecule has 2 rings (SSSR count). The van der Waals surface area contributed by atoms with Gasteiger partial charge in [0.1, 0.15) is 11.8 Å². The third-order valence-corrected chi connectivity index (χ3v) is 2.20. The van der Waals surface area contributed by atoms with Gasteiger partial charge in [0.25, 0.3) is 0 Å². The standard InChI is InChI=1S/C13H13NO/c1-11(13-8-5-9-15-13)14-10-12-6-3-2-4-7-12/h2-11H,1H3/t11-/m0/s1. The van der Waals surface area contributed by atoms with Crippen LogP contribution in [0.1, 0.15) is 24.3 Å². The van der Waals surface area contributed by atoms with Gasteiger partial charge in [0.2, 0.25) is 0 Å². The Kier molecular flexibility index (Phi) is 2.98. The van der Waals surface area contributed by atoms with E-state index in [1.807, 2.05) is 55.6 Å². The highest BCUT2D eigenvalue weighted by Gasteiger charge is 2.03. The van der Waals surface area contributed by atoms with Gasteiger partial charge < -0.3 is 4.42 Å². The fourth-order valence-electron chi connectivity index (χ4n) is 1.34. The van der Waals surface area contributed by atoms with Crippen molar-refractivity contribution in [3.63, 3.8) is 0 Å². The van der Waals surface area contributed by atoms with Crippen molar-refractivity contribution in [2.75, 3.05) is 0 Å². The predicted octanol–water partition coefficient (Wildman–Crippen LogP) is 3.46. The molecule has 0 saturated heterocycles. The van der Waals surface area contributed by atoms with Crippen LogP contribution in [0.2, 0.25) is 0 Å². The van der Waals surface area contributed by atoms with Gasteiger partial charge in [-0.3, -0.25) is 4.99 Å². The lowest BCUT2D eigenvalue weighted by Gasteiger charge is -2.00. The number of nitrogens with zero attached hydrogens (tertiary/aromatic N) is 1. The molecule has 0 unspecified atom stereocenters. The molecule has 76 valence electrons. The van der Waals surface area contributed by atoms with Crippen LogP contribution in [0.15, 0.2) is 58.1 Å². The van der Waals surface area contributed by atoms with Crippen molar-refractivity contribution in [1.82, 2.24) is 0 Å². The maximum atomic E-state index is 5.27. The number of benzene rings is 1. The van der Waals surface area contributed by atoms with Crippen molar-refractivity contribution in [1.29, 1.82) is 0 Å². The number of aliphatic imine (C=N–C) groups is 1. The number of rotatable bonds is 3. The lowest BCUT2D eigenvalue weighted by Crippen LogP contribution is -1.88. The summed E-state index contributed by atoms with van der Waals surface area (Å²) in [5.41, 5.74) is 1.11. The molecular weight excluding hydrogens is 186 g/mol. The average molecular weight is 199 g/mol. The van der Waals surface area contributed by atoms with Crippen LogP contribution in [0.25, 0.3) is 0 Å². The summed E-state index contributed by atoms with van der Waals surface area (Å²) >= 11 is 0. The second-order valence-electron chi connectivity index (χ2n) is 3.38. The predicted molar refractivity (Wildman–Crippen MR) is 61.2 cm³/mol. The van der Waals surface area contributed by atoms with Gasteiger partial charge in [-0.1, -0.05) is 30.3 Å². The molecule has 0 amide bonds. The SMILES string of the molecule is C[C@H](N=Cc1ccccc1)c1ccco1. The fraction of sp³-hybridized carbons (Fsp3) is 0.154. The Morgan fingerprint density at radius 3 is 2.60 bits per heavy atom. The van der Waals surface area contributed by atoms with Crippen LogP contribution in [0.5, 0.6) is 0 Å². The van der Waals surface area contributed by atoms with E-state index in [-0.39, 0.29) is 6.04 Å². The quantitative estimate of drug-likeness (QED) is 0.695. The Bertz CT molecular complexity index is 417. The highest BCUT2D eigenvalue weighted by Crippen LogP contribution is 2.16. The number of furan rings is 1. The fourth-order valence-corrected chi connectivity index (χ4v) is 1.34. The molecule has 2 nitrogen and oxygen atoms in total. The average Bonchev–Trinajstić information content (AvgIpc) is 2.81. The molecular formula is C13H13NO. The van der Waals surface area contributed by atoms with Gasteiger partial charge in [-0.05, 0) is 24.6 Å². The Morgan fingerprint density at radius 2 is 1.93 bits per heavy atom. The molecule has 2 aromatic rings. The van der Waals surface area contributed by atoms with Gasteiger partial charge in [-0.25, -0.2) is 0 Å². The molecule has 0 N–H and O–H groups in total. The first-order chi connectivity index (χ1) is 7.36. The minimum absolute atomic E-state index is 0.0696. The topological polar surface area (TPSA) is 25.5 Å². The van der Waals surface area contributed by atoms with Crippen molar-refractivity contribution in [2.45, 2.75) is 13.0 Å². The summed E-state index contributed by atoms with van der Waals surface area (Å²) in [5.74, 6) is 0.891. The van der Waals surface area contributed by atoms with Crippen LogP contribution in [0, 0.1) is 0 Å². The molecule has 0 aliphatic carbocycles. The van der Waals surface area contributed by atoms with Crippen LogP contribution in [0.4, 0.5) is 0 Å². The molecule has 0 spiro atoms. The number of hydrogen-bond donors (Lipinski definition) is 0. The molecule has 0 bridgehead atoms. The van der Waals surface area contributed by atoms with Crippen molar-refractivity contribution < 1.29 is 4.42 Å².